The largest absolute Gasteiger partial charge is 0.507 e. The first-order valence-electron chi connectivity index (χ1n) is 15.4. The number of phenolic OH excluding ortho intramolecular Hbond substituents is 2. The first-order chi connectivity index (χ1) is 22.1. The van der Waals surface area contributed by atoms with Crippen LogP contribution in [-0.4, -0.2) is 110 Å². The van der Waals surface area contributed by atoms with E-state index in [0.717, 1.165) is 7.11 Å². The SMILES string of the molecule is COC(=O)[C@@H]1c2cc3c(c(O)c2[C@@H](OC2CC(O)C(OC4CC(O)C(O)C(C)O4)C(C)O2)C[C@@]1(C)O)C(=O)c1c(O)cccc1C3=O. The zero-order valence-corrected chi connectivity index (χ0v) is 26.2. The van der Waals surface area contributed by atoms with Crippen LogP contribution in [-0.2, 0) is 28.5 Å². The molecular formula is C33H38O14. The van der Waals surface area contributed by atoms with Crippen LogP contribution in [0.2, 0.25) is 0 Å². The molecule has 0 radical (unpaired) electrons. The molecule has 2 aromatic carbocycles. The fourth-order valence-electron chi connectivity index (χ4n) is 7.25. The number of carbonyl (C=O) groups excluding carboxylic acids is 3. The van der Waals surface area contributed by atoms with Gasteiger partial charge < -0.3 is 54.3 Å². The maximum atomic E-state index is 13.7. The summed E-state index contributed by atoms with van der Waals surface area (Å²) in [7, 11) is 1.13. The zero-order chi connectivity index (χ0) is 34.1. The standard InChI is InChI=1S/C33H38O14/c1-12-27(37)18(35)9-22(44-12)47-31-13(2)45-21(10-19(31)36)46-20-11-33(3,42)26(32(41)43-4)15-8-16-25(30(40)24(15)20)29(39)23-14(28(16)38)6-5-7-17(23)34/h5-8,12-13,18-22,26-27,31,34-37,40,42H,9-11H2,1-4H3/t12?,13?,18?,19?,20-,21?,22?,26-,27?,31?,33+/m0/s1. The lowest BCUT2D eigenvalue weighted by atomic mass is 9.68. The van der Waals surface area contributed by atoms with Gasteiger partial charge in [0.1, 0.15) is 29.6 Å². The number of fused-ring (bicyclic) bond motifs is 3. The van der Waals surface area contributed by atoms with Gasteiger partial charge in [0, 0.05) is 36.0 Å². The molecule has 0 spiro atoms. The van der Waals surface area contributed by atoms with Crippen molar-refractivity contribution in [3.8, 4) is 11.5 Å². The van der Waals surface area contributed by atoms with E-state index in [4.69, 9.17) is 23.7 Å². The van der Waals surface area contributed by atoms with Gasteiger partial charge in [0.05, 0.1) is 54.4 Å². The van der Waals surface area contributed by atoms with Crippen LogP contribution in [0.5, 0.6) is 11.5 Å². The Morgan fingerprint density at radius 1 is 0.915 bits per heavy atom. The third kappa shape index (κ3) is 5.62. The van der Waals surface area contributed by atoms with E-state index in [-0.39, 0.29) is 52.6 Å². The summed E-state index contributed by atoms with van der Waals surface area (Å²) in [5.41, 5.74) is -2.83. The number of phenols is 2. The molecule has 0 saturated carbocycles. The predicted molar refractivity (Wildman–Crippen MR) is 158 cm³/mol. The topological polar surface area (TPSA) is 219 Å². The summed E-state index contributed by atoms with van der Waals surface area (Å²) in [6.07, 6.45) is -9.41. The molecule has 14 heteroatoms. The van der Waals surface area contributed by atoms with Crippen LogP contribution in [0.4, 0.5) is 0 Å². The molecule has 4 aliphatic rings. The Kier molecular flexibility index (Phi) is 8.68. The molecule has 2 heterocycles. The molecule has 0 aromatic heterocycles. The van der Waals surface area contributed by atoms with Crippen LogP contribution in [0.15, 0.2) is 24.3 Å². The Hall–Kier alpha value is -3.47. The van der Waals surface area contributed by atoms with Crippen molar-refractivity contribution in [2.45, 2.75) is 107 Å². The number of ketones is 2. The lowest BCUT2D eigenvalue weighted by Gasteiger charge is -2.45. The molecule has 47 heavy (non-hydrogen) atoms. The minimum atomic E-state index is -1.83. The quantitative estimate of drug-likeness (QED) is 0.212. The van der Waals surface area contributed by atoms with Gasteiger partial charge in [-0.1, -0.05) is 12.1 Å². The normalized spacial score (nSPS) is 36.7. The Balaban J connectivity index is 1.33. The molecule has 0 bridgehead atoms. The molecule has 2 aliphatic heterocycles. The zero-order valence-electron chi connectivity index (χ0n) is 26.2. The fraction of sp³-hybridized carbons (Fsp3) is 0.545. The average Bonchev–Trinajstić information content (AvgIpc) is 2.99. The highest BCUT2D eigenvalue weighted by atomic mass is 16.7. The van der Waals surface area contributed by atoms with Crippen molar-refractivity contribution in [3.63, 3.8) is 0 Å². The van der Waals surface area contributed by atoms with Gasteiger partial charge in [-0.3, -0.25) is 14.4 Å². The van der Waals surface area contributed by atoms with Crippen LogP contribution in [0.3, 0.4) is 0 Å². The van der Waals surface area contributed by atoms with Crippen LogP contribution in [0.25, 0.3) is 0 Å². The molecule has 2 aliphatic carbocycles. The van der Waals surface area contributed by atoms with Crippen molar-refractivity contribution in [1.29, 1.82) is 0 Å². The minimum absolute atomic E-state index is 0.00836. The Morgan fingerprint density at radius 3 is 2.23 bits per heavy atom. The van der Waals surface area contributed by atoms with Gasteiger partial charge in [0.25, 0.3) is 0 Å². The van der Waals surface area contributed by atoms with E-state index in [1.54, 1.807) is 13.8 Å². The number of rotatable bonds is 5. The molecule has 254 valence electrons. The molecular weight excluding hydrogens is 620 g/mol. The number of aromatic hydroxyl groups is 2. The molecule has 6 rings (SSSR count). The molecule has 8 unspecified atom stereocenters. The molecule has 0 amide bonds. The van der Waals surface area contributed by atoms with E-state index in [0.29, 0.717) is 0 Å². The van der Waals surface area contributed by atoms with Crippen molar-refractivity contribution < 1.29 is 68.7 Å². The second kappa shape index (κ2) is 12.2. The molecule has 2 fully saturated rings. The summed E-state index contributed by atoms with van der Waals surface area (Å²) in [6, 6.07) is 5.28. The van der Waals surface area contributed by atoms with Crippen LogP contribution < -0.4 is 0 Å². The summed E-state index contributed by atoms with van der Waals surface area (Å²) in [5, 5.41) is 64.9. The smallest absolute Gasteiger partial charge is 0.316 e. The van der Waals surface area contributed by atoms with Crippen LogP contribution in [0, 0.1) is 0 Å². The van der Waals surface area contributed by atoms with Gasteiger partial charge >= 0.3 is 5.97 Å². The van der Waals surface area contributed by atoms with E-state index < -0.39 is 95.9 Å². The second-order valence-electron chi connectivity index (χ2n) is 12.9. The lowest BCUT2D eigenvalue weighted by Crippen LogP contribution is -2.54. The number of methoxy groups -OCH3 is 1. The van der Waals surface area contributed by atoms with E-state index in [1.165, 1.54) is 31.2 Å². The number of benzene rings is 2. The average molecular weight is 659 g/mol. The summed E-state index contributed by atoms with van der Waals surface area (Å²) >= 11 is 0. The number of aliphatic hydroxyl groups excluding tert-OH is 3. The van der Waals surface area contributed by atoms with E-state index in [9.17, 15) is 45.0 Å². The summed E-state index contributed by atoms with van der Waals surface area (Å²) in [4.78, 5) is 40.3. The van der Waals surface area contributed by atoms with Gasteiger partial charge in [-0.05, 0) is 38.5 Å². The van der Waals surface area contributed by atoms with Crippen molar-refractivity contribution in [2.24, 2.45) is 0 Å². The summed E-state index contributed by atoms with van der Waals surface area (Å²) < 4.78 is 28.8. The summed E-state index contributed by atoms with van der Waals surface area (Å²) in [6.45, 7) is 4.59. The highest BCUT2D eigenvalue weighted by Gasteiger charge is 2.52. The van der Waals surface area contributed by atoms with Crippen LogP contribution >= 0.6 is 0 Å². The number of hydrogen-bond donors (Lipinski definition) is 6. The third-order valence-corrected chi connectivity index (χ3v) is 9.59. The Labute approximate surface area is 269 Å². The third-order valence-electron chi connectivity index (χ3n) is 9.59. The van der Waals surface area contributed by atoms with Gasteiger partial charge in [0.15, 0.2) is 18.4 Å². The minimum Gasteiger partial charge on any atom is -0.507 e. The highest BCUT2D eigenvalue weighted by Crippen LogP contribution is 2.53. The summed E-state index contributed by atoms with van der Waals surface area (Å²) in [5.74, 6) is -4.82. The maximum Gasteiger partial charge on any atom is 0.316 e. The molecule has 6 N–H and O–H groups in total. The van der Waals surface area contributed by atoms with E-state index >= 15 is 0 Å². The van der Waals surface area contributed by atoms with Gasteiger partial charge in [-0.15, -0.1) is 0 Å². The molecule has 2 aromatic rings. The van der Waals surface area contributed by atoms with E-state index in [1.807, 2.05) is 0 Å². The van der Waals surface area contributed by atoms with Crippen molar-refractivity contribution in [2.75, 3.05) is 7.11 Å². The molecule has 14 nitrogen and oxygen atoms in total. The van der Waals surface area contributed by atoms with Gasteiger partial charge in [0.2, 0.25) is 5.78 Å². The number of ether oxygens (including phenoxy) is 5. The van der Waals surface area contributed by atoms with E-state index in [2.05, 4.69) is 0 Å². The van der Waals surface area contributed by atoms with Crippen molar-refractivity contribution >= 4 is 17.5 Å². The van der Waals surface area contributed by atoms with Crippen molar-refractivity contribution in [3.05, 3.63) is 57.6 Å². The monoisotopic (exact) mass is 658 g/mol. The lowest BCUT2D eigenvalue weighted by molar-refractivity contribution is -0.317. The van der Waals surface area contributed by atoms with Crippen molar-refractivity contribution in [1.82, 2.24) is 0 Å². The number of hydrogen-bond acceptors (Lipinski definition) is 14. The molecule has 11 atom stereocenters. The van der Waals surface area contributed by atoms with Gasteiger partial charge in [-0.25, -0.2) is 0 Å². The second-order valence-corrected chi connectivity index (χ2v) is 12.9. The Bertz CT molecular complexity index is 1580. The number of esters is 1. The highest BCUT2D eigenvalue weighted by molar-refractivity contribution is 6.30. The predicted octanol–water partition coefficient (Wildman–Crippen LogP) is 1.08. The first-order valence-corrected chi connectivity index (χ1v) is 15.4. The maximum absolute atomic E-state index is 13.7. The fourth-order valence-corrected chi connectivity index (χ4v) is 7.25. The Morgan fingerprint density at radius 2 is 1.57 bits per heavy atom. The first kappa shape index (κ1) is 33.4. The number of aliphatic hydroxyl groups is 4. The number of carbonyl (C=O) groups is 3. The van der Waals surface area contributed by atoms with Gasteiger partial charge in [-0.2, -0.15) is 0 Å². The molecule has 2 saturated heterocycles. The van der Waals surface area contributed by atoms with Crippen LogP contribution in [0.1, 0.15) is 95.0 Å².